The molecule has 226 valence electrons. The van der Waals surface area contributed by atoms with Crippen molar-refractivity contribution in [3.63, 3.8) is 0 Å². The van der Waals surface area contributed by atoms with Crippen molar-refractivity contribution < 1.29 is 10.2 Å². The fourth-order valence-corrected chi connectivity index (χ4v) is 5.98. The molecule has 0 bridgehead atoms. The largest absolute Gasteiger partial charge is 0.507 e. The quantitative estimate of drug-likeness (QED) is 0.305. The van der Waals surface area contributed by atoms with Crippen LogP contribution in [0.25, 0.3) is 0 Å². The number of hydrogen-bond acceptors (Lipinski definition) is 2. The maximum atomic E-state index is 12.1. The van der Waals surface area contributed by atoms with E-state index in [-0.39, 0.29) is 27.6 Å². The lowest BCUT2D eigenvalue weighted by Crippen LogP contribution is -2.23. The molecule has 0 aromatic heterocycles. The third kappa shape index (κ3) is 8.07. The second-order valence-corrected chi connectivity index (χ2v) is 16.4. The molecule has 0 saturated carbocycles. The zero-order valence-corrected chi connectivity index (χ0v) is 28.6. The summed E-state index contributed by atoms with van der Waals surface area (Å²) in [5.41, 5.74) is 5.86. The second-order valence-electron chi connectivity index (χ2n) is 16.4. The summed E-state index contributed by atoms with van der Waals surface area (Å²) < 4.78 is 0. The highest BCUT2D eigenvalue weighted by atomic mass is 16.3. The minimum absolute atomic E-state index is 0.0681. The van der Waals surface area contributed by atoms with Crippen molar-refractivity contribution in [2.24, 2.45) is 5.92 Å². The van der Waals surface area contributed by atoms with Crippen molar-refractivity contribution in [3.8, 4) is 11.5 Å². The number of phenols is 2. The zero-order chi connectivity index (χ0) is 30.8. The molecule has 0 amide bonds. The van der Waals surface area contributed by atoms with Gasteiger partial charge >= 0.3 is 0 Å². The summed E-state index contributed by atoms with van der Waals surface area (Å²) in [5.74, 6) is 1.03. The number of benzene rings is 2. The Labute approximate surface area is 248 Å². The van der Waals surface area contributed by atoms with E-state index in [1.165, 1.54) is 24.0 Å². The topological polar surface area (TPSA) is 40.5 Å². The Balaban J connectivity index is 3.12. The lowest BCUT2D eigenvalue weighted by atomic mass is 9.69. The molecule has 0 aliphatic rings. The summed E-state index contributed by atoms with van der Waals surface area (Å²) in [6.07, 6.45) is 6.76. The fourth-order valence-electron chi connectivity index (χ4n) is 5.98. The SMILES string of the molecule is CCCCCC(CCC)C(c1cc(C(C)(C)C)cc(C(C)(C)C)c1O)c1cc(C(C)(C)C)cc(C(C)(C)C)c1O. The van der Waals surface area contributed by atoms with Crippen LogP contribution in [-0.4, -0.2) is 10.2 Å². The molecule has 2 N–H and O–H groups in total. The molecule has 2 rings (SSSR count). The van der Waals surface area contributed by atoms with E-state index in [4.69, 9.17) is 0 Å². The molecule has 0 spiro atoms. The standard InChI is InChI=1S/C38H62O2/c1-15-17-18-20-25(19-16-2)32(28-21-26(35(3,4)5)23-30(33(28)39)37(9,10)11)29-22-27(36(6,7)8)24-31(34(29)40)38(12,13)14/h21-25,32,39-40H,15-20H2,1-14H3. The number of aromatic hydroxyl groups is 2. The van der Waals surface area contributed by atoms with Gasteiger partial charge in [0.2, 0.25) is 0 Å². The van der Waals surface area contributed by atoms with E-state index >= 15 is 0 Å². The molecule has 0 aliphatic heterocycles. The van der Waals surface area contributed by atoms with Gasteiger partial charge in [-0.15, -0.1) is 0 Å². The van der Waals surface area contributed by atoms with Crippen LogP contribution in [0.3, 0.4) is 0 Å². The van der Waals surface area contributed by atoms with Crippen LogP contribution in [0, 0.1) is 5.92 Å². The van der Waals surface area contributed by atoms with Gasteiger partial charge in [-0.25, -0.2) is 0 Å². The summed E-state index contributed by atoms with van der Waals surface area (Å²) in [7, 11) is 0. The molecule has 1 unspecified atom stereocenters. The van der Waals surface area contributed by atoms with Crippen molar-refractivity contribution in [1.29, 1.82) is 0 Å². The van der Waals surface area contributed by atoms with Crippen LogP contribution >= 0.6 is 0 Å². The molecule has 0 radical (unpaired) electrons. The van der Waals surface area contributed by atoms with E-state index in [9.17, 15) is 10.2 Å². The van der Waals surface area contributed by atoms with E-state index in [2.05, 4.69) is 121 Å². The second kappa shape index (κ2) is 12.5. The first-order valence-electron chi connectivity index (χ1n) is 15.9. The Morgan fingerprint density at radius 3 is 1.23 bits per heavy atom. The van der Waals surface area contributed by atoms with Crippen LogP contribution in [-0.2, 0) is 21.7 Å². The molecule has 0 heterocycles. The minimum Gasteiger partial charge on any atom is -0.507 e. The summed E-state index contributed by atoms with van der Waals surface area (Å²) in [6.45, 7) is 31.2. The van der Waals surface area contributed by atoms with Crippen molar-refractivity contribution in [1.82, 2.24) is 0 Å². The first-order chi connectivity index (χ1) is 18.1. The van der Waals surface area contributed by atoms with Gasteiger partial charge < -0.3 is 10.2 Å². The smallest absolute Gasteiger partial charge is 0.123 e. The van der Waals surface area contributed by atoms with Crippen LogP contribution in [0.15, 0.2) is 24.3 Å². The van der Waals surface area contributed by atoms with Crippen LogP contribution in [0.4, 0.5) is 0 Å². The molecule has 0 saturated heterocycles. The average molecular weight is 551 g/mol. The number of hydrogen-bond donors (Lipinski definition) is 2. The molecule has 2 aromatic rings. The van der Waals surface area contributed by atoms with Gasteiger partial charge in [0.1, 0.15) is 11.5 Å². The Kier molecular flexibility index (Phi) is 10.7. The molecule has 2 nitrogen and oxygen atoms in total. The van der Waals surface area contributed by atoms with Gasteiger partial charge in [0.05, 0.1) is 0 Å². The predicted octanol–water partition coefficient (Wildman–Crippen LogP) is 11.4. The third-order valence-corrected chi connectivity index (χ3v) is 8.61. The third-order valence-electron chi connectivity index (χ3n) is 8.61. The Bertz CT molecular complexity index is 1050. The highest BCUT2D eigenvalue weighted by Gasteiger charge is 2.36. The maximum absolute atomic E-state index is 12.1. The normalized spacial score (nSPS) is 14.2. The molecular formula is C38H62O2. The highest BCUT2D eigenvalue weighted by Crippen LogP contribution is 2.51. The van der Waals surface area contributed by atoms with Crippen LogP contribution in [0.1, 0.15) is 175 Å². The van der Waals surface area contributed by atoms with Gasteiger partial charge in [-0.2, -0.15) is 0 Å². The van der Waals surface area contributed by atoms with Crippen molar-refractivity contribution in [2.45, 2.75) is 163 Å². The zero-order valence-electron chi connectivity index (χ0n) is 28.6. The fraction of sp³-hybridized carbons (Fsp3) is 0.684. The van der Waals surface area contributed by atoms with Crippen LogP contribution in [0.5, 0.6) is 11.5 Å². The van der Waals surface area contributed by atoms with Gasteiger partial charge in [0.15, 0.2) is 0 Å². The lowest BCUT2D eigenvalue weighted by Gasteiger charge is -2.35. The van der Waals surface area contributed by atoms with Gasteiger partial charge in [-0.1, -0.05) is 147 Å². The van der Waals surface area contributed by atoms with Gasteiger partial charge in [0, 0.05) is 17.0 Å². The van der Waals surface area contributed by atoms with Crippen molar-refractivity contribution in [2.75, 3.05) is 0 Å². The molecular weight excluding hydrogens is 488 g/mol. The van der Waals surface area contributed by atoms with E-state index < -0.39 is 0 Å². The van der Waals surface area contributed by atoms with Crippen LogP contribution < -0.4 is 0 Å². The first-order valence-corrected chi connectivity index (χ1v) is 15.9. The van der Waals surface area contributed by atoms with Gasteiger partial charge in [-0.3, -0.25) is 0 Å². The van der Waals surface area contributed by atoms with Crippen molar-refractivity contribution >= 4 is 0 Å². The first kappa shape index (κ1) is 34.2. The minimum atomic E-state index is -0.209. The summed E-state index contributed by atoms with van der Waals surface area (Å²) in [4.78, 5) is 0. The van der Waals surface area contributed by atoms with Crippen LogP contribution in [0.2, 0.25) is 0 Å². The van der Waals surface area contributed by atoms with Gasteiger partial charge in [-0.05, 0) is 62.7 Å². The Morgan fingerprint density at radius 1 is 0.525 bits per heavy atom. The van der Waals surface area contributed by atoms with E-state index in [0.29, 0.717) is 17.4 Å². The van der Waals surface area contributed by atoms with E-state index in [0.717, 1.165) is 47.9 Å². The summed E-state index contributed by atoms with van der Waals surface area (Å²) in [5, 5.41) is 24.2. The Hall–Kier alpha value is -1.96. The molecule has 40 heavy (non-hydrogen) atoms. The summed E-state index contributed by atoms with van der Waals surface area (Å²) in [6, 6.07) is 8.96. The molecule has 2 heteroatoms. The Morgan fingerprint density at radius 2 is 0.925 bits per heavy atom. The lowest BCUT2D eigenvalue weighted by molar-refractivity contribution is 0.356. The number of phenolic OH excluding ortho intramolecular Hbond substituents is 2. The molecule has 1 atom stereocenters. The summed E-state index contributed by atoms with van der Waals surface area (Å²) >= 11 is 0. The van der Waals surface area contributed by atoms with Gasteiger partial charge in [0.25, 0.3) is 0 Å². The number of rotatable bonds is 9. The monoisotopic (exact) mass is 550 g/mol. The molecule has 2 aromatic carbocycles. The maximum Gasteiger partial charge on any atom is 0.123 e. The van der Waals surface area contributed by atoms with E-state index in [1.54, 1.807) is 0 Å². The van der Waals surface area contributed by atoms with Crippen molar-refractivity contribution in [3.05, 3.63) is 57.6 Å². The molecule has 0 fully saturated rings. The predicted molar refractivity (Wildman–Crippen MR) is 175 cm³/mol. The highest BCUT2D eigenvalue weighted by molar-refractivity contribution is 5.58. The molecule has 0 aliphatic carbocycles. The van der Waals surface area contributed by atoms with E-state index in [1.807, 2.05) is 0 Å². The number of unbranched alkanes of at least 4 members (excludes halogenated alkanes) is 2. The average Bonchev–Trinajstić information content (AvgIpc) is 2.78.